The van der Waals surface area contributed by atoms with Crippen LogP contribution in [0, 0.1) is 0 Å². The zero-order valence-electron chi connectivity index (χ0n) is 16.4. The zero-order chi connectivity index (χ0) is 23.5. The Balaban J connectivity index is 1.75. The van der Waals surface area contributed by atoms with Crippen LogP contribution in [0.15, 0.2) is 42.5 Å². The van der Waals surface area contributed by atoms with Crippen LogP contribution in [-0.4, -0.2) is 75.8 Å². The number of hydrogen-bond acceptors (Lipinski definition) is 10. The van der Waals surface area contributed by atoms with E-state index in [1.54, 1.807) is 24.3 Å². The van der Waals surface area contributed by atoms with Crippen LogP contribution in [0.1, 0.15) is 11.1 Å². The van der Waals surface area contributed by atoms with Crippen molar-refractivity contribution in [2.24, 2.45) is 0 Å². The molecular formula is C20H22O11S. The van der Waals surface area contributed by atoms with Crippen molar-refractivity contribution >= 4 is 22.6 Å². The molecule has 32 heavy (non-hydrogen) atoms. The van der Waals surface area contributed by atoms with Crippen molar-refractivity contribution in [3.8, 4) is 17.2 Å². The van der Waals surface area contributed by atoms with Crippen molar-refractivity contribution in [3.63, 3.8) is 0 Å². The minimum atomic E-state index is -4.83. The quantitative estimate of drug-likeness (QED) is 0.241. The van der Waals surface area contributed by atoms with Gasteiger partial charge in [0.05, 0.1) is 6.61 Å². The Morgan fingerprint density at radius 2 is 1.53 bits per heavy atom. The van der Waals surface area contributed by atoms with E-state index in [-0.39, 0.29) is 17.2 Å². The molecule has 1 saturated heterocycles. The molecule has 5 unspecified atom stereocenters. The van der Waals surface area contributed by atoms with E-state index < -0.39 is 47.7 Å². The summed E-state index contributed by atoms with van der Waals surface area (Å²) in [6.45, 7) is -0.843. The van der Waals surface area contributed by atoms with Crippen molar-refractivity contribution in [2.45, 2.75) is 30.7 Å². The van der Waals surface area contributed by atoms with E-state index in [1.165, 1.54) is 30.3 Å². The van der Waals surface area contributed by atoms with Crippen LogP contribution in [0.5, 0.6) is 17.2 Å². The first-order valence-corrected chi connectivity index (χ1v) is 10.7. The van der Waals surface area contributed by atoms with Crippen LogP contribution in [0.25, 0.3) is 12.2 Å². The van der Waals surface area contributed by atoms with Gasteiger partial charge in [-0.2, -0.15) is 8.42 Å². The topological polar surface area (TPSA) is 183 Å². The molecule has 5 atom stereocenters. The van der Waals surface area contributed by atoms with Crippen molar-refractivity contribution in [3.05, 3.63) is 53.6 Å². The van der Waals surface area contributed by atoms with Crippen molar-refractivity contribution in [1.82, 2.24) is 0 Å². The Kier molecular flexibility index (Phi) is 7.36. The van der Waals surface area contributed by atoms with Gasteiger partial charge in [-0.3, -0.25) is 4.55 Å². The lowest BCUT2D eigenvalue weighted by Gasteiger charge is -2.39. The molecule has 0 saturated carbocycles. The summed E-state index contributed by atoms with van der Waals surface area (Å²) in [5, 5.41) is 49.5. The smallest absolute Gasteiger partial charge is 0.397 e. The van der Waals surface area contributed by atoms with E-state index in [2.05, 4.69) is 4.18 Å². The number of aliphatic hydroxyl groups excluding tert-OH is 3. The van der Waals surface area contributed by atoms with Crippen molar-refractivity contribution in [1.29, 1.82) is 0 Å². The van der Waals surface area contributed by atoms with Gasteiger partial charge in [0.2, 0.25) is 6.29 Å². The van der Waals surface area contributed by atoms with E-state index in [1.807, 2.05) is 0 Å². The van der Waals surface area contributed by atoms with Gasteiger partial charge < -0.3 is 35.0 Å². The van der Waals surface area contributed by atoms with Crippen LogP contribution in [-0.2, 0) is 19.3 Å². The van der Waals surface area contributed by atoms with Gasteiger partial charge in [0.25, 0.3) is 0 Å². The maximum atomic E-state index is 10.8. The van der Waals surface area contributed by atoms with Gasteiger partial charge in [-0.05, 0) is 35.4 Å². The summed E-state index contributed by atoms with van der Waals surface area (Å²) in [7, 11) is -4.83. The molecule has 0 bridgehead atoms. The molecule has 0 aliphatic carbocycles. The van der Waals surface area contributed by atoms with E-state index in [9.17, 15) is 34.0 Å². The first-order valence-electron chi connectivity index (χ1n) is 9.31. The Labute approximate surface area is 183 Å². The molecule has 0 amide bonds. The highest BCUT2D eigenvalue weighted by Gasteiger charge is 2.45. The average Bonchev–Trinajstić information content (AvgIpc) is 2.72. The molecule has 2 aromatic rings. The fraction of sp³-hybridized carbons (Fsp3) is 0.300. The molecule has 0 radical (unpaired) electrons. The van der Waals surface area contributed by atoms with Gasteiger partial charge in [-0.15, -0.1) is 0 Å². The van der Waals surface area contributed by atoms with Crippen LogP contribution in [0.3, 0.4) is 0 Å². The molecule has 1 fully saturated rings. The first kappa shape index (κ1) is 23.9. The Morgan fingerprint density at radius 3 is 2.19 bits per heavy atom. The maximum Gasteiger partial charge on any atom is 0.397 e. The highest BCUT2D eigenvalue weighted by atomic mass is 32.3. The normalized spacial score (nSPS) is 26.3. The SMILES string of the molecule is O=S(=O)(O)OCC1OC(Oc2cc(O)cc(C=Cc3ccc(O)cc3)c2)C(O)C(O)C1O. The van der Waals surface area contributed by atoms with E-state index in [0.29, 0.717) is 5.56 Å². The summed E-state index contributed by atoms with van der Waals surface area (Å²) < 4.78 is 45.2. The summed E-state index contributed by atoms with van der Waals surface area (Å²) >= 11 is 0. The molecule has 12 heteroatoms. The lowest BCUT2D eigenvalue weighted by Crippen LogP contribution is -2.60. The lowest BCUT2D eigenvalue weighted by atomic mass is 9.99. The highest BCUT2D eigenvalue weighted by molar-refractivity contribution is 7.80. The summed E-state index contributed by atoms with van der Waals surface area (Å²) in [4.78, 5) is 0. The molecule has 6 N–H and O–H groups in total. The van der Waals surface area contributed by atoms with Crippen LogP contribution in [0.2, 0.25) is 0 Å². The molecule has 0 aromatic heterocycles. The minimum absolute atomic E-state index is 0.0393. The minimum Gasteiger partial charge on any atom is -0.508 e. The van der Waals surface area contributed by atoms with Crippen LogP contribution < -0.4 is 4.74 Å². The average molecular weight is 470 g/mol. The number of rotatable bonds is 7. The molecule has 0 spiro atoms. The van der Waals surface area contributed by atoms with E-state index in [4.69, 9.17) is 14.0 Å². The van der Waals surface area contributed by atoms with Crippen molar-refractivity contribution < 1.29 is 52.2 Å². The molecule has 2 aromatic carbocycles. The second kappa shape index (κ2) is 9.83. The number of aromatic hydroxyl groups is 2. The fourth-order valence-electron chi connectivity index (χ4n) is 2.99. The molecule has 11 nitrogen and oxygen atoms in total. The number of aliphatic hydroxyl groups is 3. The standard InChI is InChI=1S/C20H22O11S/c21-13-5-3-11(4-6-13)1-2-12-7-14(22)9-15(8-12)30-20-19(25)18(24)17(23)16(31-20)10-29-32(26,27)28/h1-9,16-25H,10H2,(H,26,27,28). The fourth-order valence-corrected chi connectivity index (χ4v) is 3.29. The van der Waals surface area contributed by atoms with Crippen LogP contribution >= 0.6 is 0 Å². The predicted octanol–water partition coefficient (Wildman–Crippen LogP) is 0.274. The second-order valence-corrected chi connectivity index (χ2v) is 8.12. The van der Waals surface area contributed by atoms with Gasteiger partial charge in [-0.1, -0.05) is 24.3 Å². The van der Waals surface area contributed by atoms with Gasteiger partial charge in [0, 0.05) is 6.07 Å². The van der Waals surface area contributed by atoms with Crippen LogP contribution in [0.4, 0.5) is 0 Å². The number of benzene rings is 2. The summed E-state index contributed by atoms with van der Waals surface area (Å²) in [5.41, 5.74) is 1.28. The monoisotopic (exact) mass is 470 g/mol. The number of ether oxygens (including phenoxy) is 2. The van der Waals surface area contributed by atoms with Gasteiger partial charge >= 0.3 is 10.4 Å². The van der Waals surface area contributed by atoms with E-state index in [0.717, 1.165) is 5.56 Å². The van der Waals surface area contributed by atoms with E-state index >= 15 is 0 Å². The van der Waals surface area contributed by atoms with Crippen molar-refractivity contribution in [2.75, 3.05) is 6.61 Å². The number of phenolic OH excluding ortho intramolecular Hbond substituents is 2. The zero-order valence-corrected chi connectivity index (χ0v) is 17.2. The maximum absolute atomic E-state index is 10.8. The third-order valence-corrected chi connectivity index (χ3v) is 5.01. The van der Waals surface area contributed by atoms with Gasteiger partial charge in [0.1, 0.15) is 41.7 Å². The molecule has 1 aliphatic heterocycles. The van der Waals surface area contributed by atoms with Gasteiger partial charge in [-0.25, -0.2) is 4.18 Å². The Morgan fingerprint density at radius 1 is 0.875 bits per heavy atom. The third-order valence-electron chi connectivity index (χ3n) is 4.58. The number of phenols is 2. The second-order valence-electron chi connectivity index (χ2n) is 7.03. The summed E-state index contributed by atoms with van der Waals surface area (Å²) in [6, 6.07) is 10.5. The van der Waals surface area contributed by atoms with Gasteiger partial charge in [0.15, 0.2) is 0 Å². The third kappa shape index (κ3) is 6.40. The largest absolute Gasteiger partial charge is 0.508 e. The molecule has 174 valence electrons. The predicted molar refractivity (Wildman–Crippen MR) is 110 cm³/mol. The summed E-state index contributed by atoms with van der Waals surface area (Å²) in [6.07, 6.45) is -4.85. The highest BCUT2D eigenvalue weighted by Crippen LogP contribution is 2.28. The molecule has 1 aliphatic rings. The number of hydrogen-bond donors (Lipinski definition) is 6. The molecule has 3 rings (SSSR count). The molecule has 1 heterocycles. The Bertz CT molecular complexity index is 1050. The Hall–Kier alpha value is -2.71. The lowest BCUT2D eigenvalue weighted by molar-refractivity contribution is -0.276. The molecular weight excluding hydrogens is 448 g/mol. The summed E-state index contributed by atoms with van der Waals surface area (Å²) in [5.74, 6) is -0.0173. The first-order chi connectivity index (χ1) is 15.0.